The largest absolute Gasteiger partial charge is 0.443 e. The fourth-order valence-electron chi connectivity index (χ4n) is 2.15. The minimum absolute atomic E-state index is 0.0625. The van der Waals surface area contributed by atoms with E-state index in [4.69, 9.17) is 0 Å². The van der Waals surface area contributed by atoms with Gasteiger partial charge in [0.05, 0.1) is 13.6 Å². The molecule has 0 aromatic carbocycles. The van der Waals surface area contributed by atoms with Gasteiger partial charge in [-0.25, -0.2) is 29.1 Å². The molecule has 17 nitrogen and oxygen atoms in total. The van der Waals surface area contributed by atoms with Crippen LogP contribution in [0.3, 0.4) is 0 Å². The normalized spacial score (nSPS) is 9.51. The first-order chi connectivity index (χ1) is 16.4. The van der Waals surface area contributed by atoms with Crippen LogP contribution in [0.15, 0.2) is 37.3 Å². The maximum absolute atomic E-state index is 9.95. The summed E-state index contributed by atoms with van der Waals surface area (Å²) in [5.41, 5.74) is 0. The Bertz CT molecular complexity index is 1120. The van der Waals surface area contributed by atoms with Gasteiger partial charge in [-0.2, -0.15) is 0 Å². The van der Waals surface area contributed by atoms with Gasteiger partial charge in [0.25, 0.3) is 0 Å². The molecule has 0 spiro atoms. The number of imidazole rings is 4. The maximum Gasteiger partial charge on any atom is 0.340 e. The van der Waals surface area contributed by atoms with Crippen molar-refractivity contribution in [3.05, 3.63) is 85.1 Å². The number of hydrogen-bond donors (Lipinski definition) is 2. The van der Waals surface area contributed by atoms with E-state index in [1.165, 1.54) is 12.4 Å². The van der Waals surface area contributed by atoms with Crippen molar-refractivity contribution in [3.8, 4) is 0 Å². The fourth-order valence-corrected chi connectivity index (χ4v) is 2.15. The van der Waals surface area contributed by atoms with Crippen LogP contribution in [-0.4, -0.2) is 44.3 Å². The zero-order chi connectivity index (χ0) is 26.5. The number of nitrogens with one attached hydrogen (secondary N) is 2. The maximum atomic E-state index is 9.95. The van der Waals surface area contributed by atoms with E-state index in [2.05, 4.69) is 53.9 Å². The molecule has 35 heavy (non-hydrogen) atoms. The topological polar surface area (TPSA) is 223 Å². The lowest BCUT2D eigenvalue weighted by Crippen LogP contribution is -2.23. The van der Waals surface area contributed by atoms with Crippen molar-refractivity contribution in [1.29, 1.82) is 0 Å². The summed E-state index contributed by atoms with van der Waals surface area (Å²) < 4.78 is 4.16. The van der Waals surface area contributed by atoms with Gasteiger partial charge in [0.2, 0.25) is 6.33 Å². The Balaban J connectivity index is 0.000000234. The van der Waals surface area contributed by atoms with Gasteiger partial charge in [-0.05, 0) is 29.9 Å². The average Bonchev–Trinajstić information content (AvgIpc) is 3.58. The van der Waals surface area contributed by atoms with Crippen molar-refractivity contribution >= 4 is 17.5 Å². The van der Waals surface area contributed by atoms with Crippen LogP contribution in [0.25, 0.3) is 0 Å². The summed E-state index contributed by atoms with van der Waals surface area (Å²) in [4.78, 5) is 47.5. The summed E-state index contributed by atoms with van der Waals surface area (Å²) in [6.45, 7) is 8.10. The minimum atomic E-state index is -0.569. The van der Waals surface area contributed by atoms with Gasteiger partial charge in [-0.15, -0.1) is 0 Å². The molecule has 0 fully saturated rings. The molecule has 0 aliphatic carbocycles. The van der Waals surface area contributed by atoms with Crippen LogP contribution in [0.5, 0.6) is 0 Å². The van der Waals surface area contributed by atoms with E-state index in [-0.39, 0.29) is 17.5 Å². The van der Waals surface area contributed by atoms with Gasteiger partial charge >= 0.3 is 11.6 Å². The van der Waals surface area contributed by atoms with Crippen LogP contribution < -0.4 is 9.55 Å². The number of aromatic amines is 2. The highest BCUT2D eigenvalue weighted by molar-refractivity contribution is 5.15. The third-order valence-corrected chi connectivity index (χ3v) is 3.79. The van der Waals surface area contributed by atoms with Gasteiger partial charge in [0.1, 0.15) is 24.8 Å². The zero-order valence-electron chi connectivity index (χ0n) is 19.6. The first kappa shape index (κ1) is 28.1. The van der Waals surface area contributed by atoms with Crippen LogP contribution in [0.2, 0.25) is 0 Å². The van der Waals surface area contributed by atoms with Gasteiger partial charge < -0.3 is 40.3 Å². The Kier molecular flexibility index (Phi) is 10.9. The molecule has 0 bridgehead atoms. The van der Waals surface area contributed by atoms with Crippen molar-refractivity contribution < 1.29 is 19.3 Å². The molecule has 0 aliphatic rings. The van der Waals surface area contributed by atoms with E-state index in [0.29, 0.717) is 17.5 Å². The fraction of sp³-hybridized carbons (Fsp3) is 0.333. The van der Waals surface area contributed by atoms with E-state index in [1.807, 2.05) is 17.8 Å². The second-order valence-electron chi connectivity index (χ2n) is 6.66. The summed E-state index contributed by atoms with van der Waals surface area (Å²) in [6.07, 6.45) is 9.66. The monoisotopic (exact) mass is 491 g/mol. The molecule has 17 heteroatoms. The molecule has 4 aromatic heterocycles. The predicted octanol–water partition coefficient (Wildman–Crippen LogP) is 1.84. The lowest BCUT2D eigenvalue weighted by molar-refractivity contribution is -0.671. The molecule has 4 heterocycles. The third-order valence-electron chi connectivity index (χ3n) is 3.79. The molecular formula is C18H25N11O6. The number of aryl methyl sites for hydroxylation is 5. The molecule has 4 aromatic rings. The lowest BCUT2D eigenvalue weighted by Gasteiger charge is -1.94. The Morgan fingerprint density at radius 3 is 1.66 bits per heavy atom. The van der Waals surface area contributed by atoms with Crippen molar-refractivity contribution in [1.82, 2.24) is 34.5 Å². The SMILES string of the molecule is CCn1cc[n+](C)c1.Cc1nc([N+](=O)[O-])c[n-]1.Cc1ncc([N+](=O)[O-])[nH]1.Cc1ncc([N+](=O)[O-])[nH]1. The molecule has 0 saturated heterocycles. The molecule has 0 radical (unpaired) electrons. The van der Waals surface area contributed by atoms with Crippen LogP contribution in [0, 0.1) is 51.1 Å². The van der Waals surface area contributed by atoms with Crippen molar-refractivity contribution in [3.63, 3.8) is 0 Å². The molecule has 188 valence electrons. The summed E-state index contributed by atoms with van der Waals surface area (Å²) in [5.74, 6) is 1.23. The molecule has 0 amide bonds. The van der Waals surface area contributed by atoms with E-state index in [9.17, 15) is 30.3 Å². The Morgan fingerprint density at radius 1 is 0.971 bits per heavy atom. The number of nitrogens with zero attached hydrogens (tertiary/aromatic N) is 9. The summed E-state index contributed by atoms with van der Waals surface area (Å²) in [7, 11) is 2.02. The molecule has 4 rings (SSSR count). The van der Waals surface area contributed by atoms with Gasteiger partial charge in [0.15, 0.2) is 17.5 Å². The number of H-pyrrole nitrogens is 2. The van der Waals surface area contributed by atoms with E-state index < -0.39 is 14.8 Å². The Hall–Kier alpha value is -4.96. The first-order valence-corrected chi connectivity index (χ1v) is 9.86. The quantitative estimate of drug-likeness (QED) is 0.239. The first-order valence-electron chi connectivity index (χ1n) is 9.86. The second kappa shape index (κ2) is 13.6. The van der Waals surface area contributed by atoms with E-state index in [1.54, 1.807) is 20.8 Å². The number of nitro groups is 3. The van der Waals surface area contributed by atoms with Gasteiger partial charge in [-0.3, -0.25) is 0 Å². The highest BCUT2D eigenvalue weighted by Crippen LogP contribution is 2.05. The number of hydrogen-bond acceptors (Lipinski definition) is 9. The smallest absolute Gasteiger partial charge is 0.340 e. The zero-order valence-corrected chi connectivity index (χ0v) is 19.6. The Labute approximate surface area is 198 Å². The van der Waals surface area contributed by atoms with Crippen molar-refractivity contribution in [2.24, 2.45) is 7.05 Å². The molecule has 2 N–H and O–H groups in total. The summed E-state index contributed by atoms with van der Waals surface area (Å²) in [6, 6.07) is 0. The highest BCUT2D eigenvalue weighted by atomic mass is 16.6. The van der Waals surface area contributed by atoms with Gasteiger partial charge in [0, 0.05) is 13.8 Å². The number of aromatic nitrogens is 8. The van der Waals surface area contributed by atoms with Crippen LogP contribution in [-0.2, 0) is 13.6 Å². The van der Waals surface area contributed by atoms with Crippen LogP contribution in [0.4, 0.5) is 17.5 Å². The van der Waals surface area contributed by atoms with Crippen molar-refractivity contribution in [2.45, 2.75) is 34.2 Å². The minimum Gasteiger partial charge on any atom is -0.443 e. The standard InChI is InChI=1S/C6H11N2.2C4H5N3O2.C4H4N3O2/c1-3-8-5-4-7(2)6-8;3*1-3-5-2-4(6-3)7(8)9/h4-6H,3H2,1-2H3;2*2H,1H3,(H,5,6);2H,1H3/q+1;;;-1. The molecule has 0 unspecified atom stereocenters. The number of rotatable bonds is 4. The average molecular weight is 491 g/mol. The van der Waals surface area contributed by atoms with E-state index >= 15 is 0 Å². The third kappa shape index (κ3) is 10.5. The summed E-state index contributed by atoms with van der Waals surface area (Å²) >= 11 is 0. The summed E-state index contributed by atoms with van der Waals surface area (Å²) in [5, 5.41) is 29.8. The predicted molar refractivity (Wildman–Crippen MR) is 120 cm³/mol. The molecule has 0 saturated carbocycles. The molecule has 0 atom stereocenters. The lowest BCUT2D eigenvalue weighted by atomic mass is 10.7. The second-order valence-corrected chi connectivity index (χ2v) is 6.66. The van der Waals surface area contributed by atoms with E-state index in [0.717, 1.165) is 12.7 Å². The van der Waals surface area contributed by atoms with Crippen LogP contribution >= 0.6 is 0 Å². The van der Waals surface area contributed by atoms with Crippen LogP contribution in [0.1, 0.15) is 24.4 Å². The van der Waals surface area contributed by atoms with Crippen molar-refractivity contribution in [2.75, 3.05) is 0 Å². The molecular weight excluding hydrogens is 466 g/mol. The Morgan fingerprint density at radius 2 is 1.49 bits per heavy atom. The highest BCUT2D eigenvalue weighted by Gasteiger charge is 2.05. The molecule has 0 aliphatic heterocycles. The van der Waals surface area contributed by atoms with Gasteiger partial charge in [-0.1, -0.05) is 10.7 Å².